The molecule has 1 aromatic carbocycles. The Labute approximate surface area is 137 Å². The Balaban J connectivity index is 1.85. The summed E-state index contributed by atoms with van der Waals surface area (Å²) in [4.78, 5) is 27.7. The van der Waals surface area contributed by atoms with Gasteiger partial charge in [0.1, 0.15) is 5.75 Å². The average Bonchev–Trinajstić information content (AvgIpc) is 2.54. The van der Waals surface area contributed by atoms with Gasteiger partial charge in [-0.1, -0.05) is 12.1 Å². The van der Waals surface area contributed by atoms with Crippen molar-refractivity contribution in [3.8, 4) is 5.75 Å². The first-order valence-corrected chi connectivity index (χ1v) is 8.06. The van der Waals surface area contributed by atoms with E-state index in [0.717, 1.165) is 5.56 Å². The number of rotatable bonds is 4. The zero-order chi connectivity index (χ0) is 16.8. The first-order chi connectivity index (χ1) is 11.0. The van der Waals surface area contributed by atoms with Gasteiger partial charge in [0.15, 0.2) is 6.10 Å². The summed E-state index contributed by atoms with van der Waals surface area (Å²) < 4.78 is 5.74. The molecule has 1 fully saturated rings. The van der Waals surface area contributed by atoms with Crippen LogP contribution in [0.4, 0.5) is 4.79 Å². The van der Waals surface area contributed by atoms with Crippen LogP contribution < -0.4 is 10.1 Å². The molecule has 1 aromatic rings. The molecule has 6 nitrogen and oxygen atoms in total. The lowest BCUT2D eigenvalue weighted by atomic mass is 10.2. The third kappa shape index (κ3) is 4.61. The van der Waals surface area contributed by atoms with Crippen LogP contribution in [0.5, 0.6) is 5.75 Å². The zero-order valence-electron chi connectivity index (χ0n) is 14.0. The van der Waals surface area contributed by atoms with E-state index in [1.54, 1.807) is 16.7 Å². The highest BCUT2D eigenvalue weighted by molar-refractivity contribution is 5.81. The van der Waals surface area contributed by atoms with Crippen LogP contribution >= 0.6 is 0 Å². The smallest absolute Gasteiger partial charge is 0.317 e. The van der Waals surface area contributed by atoms with Crippen molar-refractivity contribution >= 4 is 11.9 Å². The number of ether oxygens (including phenoxy) is 1. The number of nitrogens with zero attached hydrogens (tertiary/aromatic N) is 2. The van der Waals surface area contributed by atoms with Crippen LogP contribution in [0.25, 0.3) is 0 Å². The summed E-state index contributed by atoms with van der Waals surface area (Å²) in [7, 11) is 0. The maximum atomic E-state index is 12.5. The van der Waals surface area contributed by atoms with E-state index in [4.69, 9.17) is 4.74 Å². The van der Waals surface area contributed by atoms with E-state index in [1.165, 1.54) is 0 Å². The molecule has 1 aliphatic heterocycles. The third-order valence-corrected chi connectivity index (χ3v) is 3.86. The zero-order valence-corrected chi connectivity index (χ0v) is 14.0. The highest BCUT2D eigenvalue weighted by Gasteiger charge is 2.27. The SMILES string of the molecule is CCNC(=O)N1CCN(C(=O)C(C)Oc2cccc(C)c2)CC1. The van der Waals surface area contributed by atoms with Crippen LogP contribution in [-0.4, -0.2) is 60.6 Å². The van der Waals surface area contributed by atoms with Gasteiger partial charge >= 0.3 is 6.03 Å². The Hall–Kier alpha value is -2.24. The van der Waals surface area contributed by atoms with Crippen molar-refractivity contribution in [3.05, 3.63) is 29.8 Å². The molecule has 0 aliphatic carbocycles. The van der Waals surface area contributed by atoms with Crippen molar-refractivity contribution in [2.75, 3.05) is 32.7 Å². The fraction of sp³-hybridized carbons (Fsp3) is 0.529. The van der Waals surface area contributed by atoms with E-state index >= 15 is 0 Å². The number of benzene rings is 1. The van der Waals surface area contributed by atoms with Gasteiger partial charge in [0.05, 0.1) is 0 Å². The van der Waals surface area contributed by atoms with Crippen molar-refractivity contribution in [1.82, 2.24) is 15.1 Å². The number of aryl methyl sites for hydroxylation is 1. The largest absolute Gasteiger partial charge is 0.481 e. The van der Waals surface area contributed by atoms with Crippen LogP contribution in [0, 0.1) is 6.92 Å². The second kappa shape index (κ2) is 7.85. The molecule has 23 heavy (non-hydrogen) atoms. The molecule has 1 N–H and O–H groups in total. The third-order valence-electron chi connectivity index (χ3n) is 3.86. The van der Waals surface area contributed by atoms with Crippen LogP contribution in [0.1, 0.15) is 19.4 Å². The summed E-state index contributed by atoms with van der Waals surface area (Å²) in [5.74, 6) is 0.661. The number of carbonyl (C=O) groups is 2. The predicted molar refractivity (Wildman–Crippen MR) is 88.5 cm³/mol. The number of urea groups is 1. The number of piperazine rings is 1. The highest BCUT2D eigenvalue weighted by Crippen LogP contribution is 2.15. The average molecular weight is 319 g/mol. The van der Waals surface area contributed by atoms with Crippen LogP contribution in [-0.2, 0) is 4.79 Å². The molecule has 1 aliphatic rings. The van der Waals surface area contributed by atoms with Gasteiger partial charge in [-0.05, 0) is 38.5 Å². The monoisotopic (exact) mass is 319 g/mol. The number of hydrogen-bond donors (Lipinski definition) is 1. The summed E-state index contributed by atoms with van der Waals surface area (Å²) in [5, 5.41) is 2.78. The molecule has 1 heterocycles. The lowest BCUT2D eigenvalue weighted by Gasteiger charge is -2.35. The lowest BCUT2D eigenvalue weighted by molar-refractivity contribution is -0.139. The van der Waals surface area contributed by atoms with Crippen LogP contribution in [0.15, 0.2) is 24.3 Å². The van der Waals surface area contributed by atoms with Crippen molar-refractivity contribution in [3.63, 3.8) is 0 Å². The van der Waals surface area contributed by atoms with Gasteiger partial charge in [-0.25, -0.2) is 4.79 Å². The lowest BCUT2D eigenvalue weighted by Crippen LogP contribution is -2.55. The van der Waals surface area contributed by atoms with Gasteiger partial charge in [-0.2, -0.15) is 0 Å². The Morgan fingerprint density at radius 3 is 2.48 bits per heavy atom. The van der Waals surface area contributed by atoms with E-state index in [-0.39, 0.29) is 11.9 Å². The Bertz CT molecular complexity index is 554. The first kappa shape index (κ1) is 17.1. The molecule has 126 valence electrons. The second-order valence-electron chi connectivity index (χ2n) is 5.72. The number of nitrogens with one attached hydrogen (secondary N) is 1. The topological polar surface area (TPSA) is 61.9 Å². The Morgan fingerprint density at radius 1 is 1.22 bits per heavy atom. The molecule has 0 saturated carbocycles. The number of carbonyl (C=O) groups excluding carboxylic acids is 2. The van der Waals surface area contributed by atoms with Crippen molar-refractivity contribution in [2.24, 2.45) is 0 Å². The fourth-order valence-corrected chi connectivity index (χ4v) is 2.59. The normalized spacial score (nSPS) is 16.0. The summed E-state index contributed by atoms with van der Waals surface area (Å²) in [6.45, 7) is 8.43. The van der Waals surface area contributed by atoms with Gasteiger partial charge in [-0.15, -0.1) is 0 Å². The van der Waals surface area contributed by atoms with E-state index in [2.05, 4.69) is 5.32 Å². The minimum Gasteiger partial charge on any atom is -0.481 e. The second-order valence-corrected chi connectivity index (χ2v) is 5.72. The number of amides is 3. The molecule has 1 atom stereocenters. The predicted octanol–water partition coefficient (Wildman–Crippen LogP) is 1.64. The van der Waals surface area contributed by atoms with E-state index in [9.17, 15) is 9.59 Å². The Morgan fingerprint density at radius 2 is 1.87 bits per heavy atom. The molecular formula is C17H25N3O3. The quantitative estimate of drug-likeness (QED) is 0.917. The minimum absolute atomic E-state index is 0.0398. The highest BCUT2D eigenvalue weighted by atomic mass is 16.5. The van der Waals surface area contributed by atoms with Crippen LogP contribution in [0.2, 0.25) is 0 Å². The van der Waals surface area contributed by atoms with Gasteiger partial charge in [0.25, 0.3) is 5.91 Å². The van der Waals surface area contributed by atoms with E-state index in [0.29, 0.717) is 38.5 Å². The molecule has 3 amide bonds. The molecule has 2 rings (SSSR count). The van der Waals surface area contributed by atoms with Gasteiger partial charge < -0.3 is 19.9 Å². The van der Waals surface area contributed by atoms with Gasteiger partial charge in [0.2, 0.25) is 0 Å². The minimum atomic E-state index is -0.534. The fourth-order valence-electron chi connectivity index (χ4n) is 2.59. The summed E-state index contributed by atoms with van der Waals surface area (Å²) in [5.41, 5.74) is 1.10. The molecule has 6 heteroatoms. The Kier molecular flexibility index (Phi) is 5.84. The molecular weight excluding hydrogens is 294 g/mol. The van der Waals surface area contributed by atoms with Gasteiger partial charge in [-0.3, -0.25) is 4.79 Å². The van der Waals surface area contributed by atoms with Crippen molar-refractivity contribution in [1.29, 1.82) is 0 Å². The molecule has 0 spiro atoms. The summed E-state index contributed by atoms with van der Waals surface area (Å²) in [6.07, 6.45) is -0.534. The van der Waals surface area contributed by atoms with Gasteiger partial charge in [0, 0.05) is 32.7 Å². The maximum Gasteiger partial charge on any atom is 0.317 e. The van der Waals surface area contributed by atoms with Crippen molar-refractivity contribution in [2.45, 2.75) is 26.9 Å². The first-order valence-electron chi connectivity index (χ1n) is 8.06. The molecule has 1 unspecified atom stereocenters. The molecule has 1 saturated heterocycles. The summed E-state index contributed by atoms with van der Waals surface area (Å²) in [6, 6.07) is 7.59. The summed E-state index contributed by atoms with van der Waals surface area (Å²) >= 11 is 0. The van der Waals surface area contributed by atoms with E-state index in [1.807, 2.05) is 38.1 Å². The molecule has 0 aromatic heterocycles. The van der Waals surface area contributed by atoms with Crippen molar-refractivity contribution < 1.29 is 14.3 Å². The van der Waals surface area contributed by atoms with E-state index < -0.39 is 6.10 Å². The standard InChI is InChI=1S/C17H25N3O3/c1-4-18-17(22)20-10-8-19(9-11-20)16(21)14(3)23-15-7-5-6-13(2)12-15/h5-7,12,14H,4,8-11H2,1-3H3,(H,18,22). The van der Waals surface area contributed by atoms with Crippen LogP contribution in [0.3, 0.4) is 0 Å². The molecule has 0 bridgehead atoms. The maximum absolute atomic E-state index is 12.5. The number of hydrogen-bond acceptors (Lipinski definition) is 3. The molecule has 0 radical (unpaired) electrons.